The van der Waals surface area contributed by atoms with Gasteiger partial charge >= 0.3 is 0 Å². The highest BCUT2D eigenvalue weighted by Crippen LogP contribution is 2.17. The molecule has 0 atom stereocenters. The van der Waals surface area contributed by atoms with Gasteiger partial charge in [0.05, 0.1) is 12.4 Å². The number of hydrogen-bond acceptors (Lipinski definition) is 5. The molecule has 0 amide bonds. The lowest BCUT2D eigenvalue weighted by Crippen LogP contribution is -2.28. The van der Waals surface area contributed by atoms with Gasteiger partial charge in [-0.2, -0.15) is 4.98 Å². The average Bonchev–Trinajstić information content (AvgIpc) is 2.85. The summed E-state index contributed by atoms with van der Waals surface area (Å²) < 4.78 is 32.2. The first kappa shape index (κ1) is 21.3. The number of hydrogen-bond donors (Lipinski definition) is 1. The number of aromatic nitrogens is 2. The Morgan fingerprint density at radius 3 is 2.80 bits per heavy atom. The van der Waals surface area contributed by atoms with E-state index in [1.807, 2.05) is 0 Å². The molecular weight excluding hydrogens is 373 g/mol. The smallest absolute Gasteiger partial charge is 0.234 e. The number of nitrogens with one attached hydrogen (secondary N) is 1. The van der Waals surface area contributed by atoms with E-state index in [4.69, 9.17) is 4.74 Å². The minimum absolute atomic E-state index is 0. The third kappa shape index (κ3) is 5.95. The minimum Gasteiger partial charge on any atom is -0.472 e. The summed E-state index contributed by atoms with van der Waals surface area (Å²) in [7, 11) is 0. The molecule has 1 saturated heterocycles. The Bertz CT molecular complexity index is 670. The van der Waals surface area contributed by atoms with Gasteiger partial charge in [-0.05, 0) is 31.2 Å². The van der Waals surface area contributed by atoms with Gasteiger partial charge in [-0.15, -0.1) is 24.8 Å². The molecule has 0 aliphatic carbocycles. The fraction of sp³-hybridized carbons (Fsp3) is 0.375. The highest BCUT2D eigenvalue weighted by molar-refractivity contribution is 5.85. The van der Waals surface area contributed by atoms with Crippen LogP contribution in [0.5, 0.6) is 5.88 Å². The summed E-state index contributed by atoms with van der Waals surface area (Å²) >= 11 is 0. The van der Waals surface area contributed by atoms with Crippen LogP contribution < -0.4 is 15.0 Å². The molecule has 0 unspecified atom stereocenters. The van der Waals surface area contributed by atoms with E-state index in [9.17, 15) is 8.78 Å². The van der Waals surface area contributed by atoms with Gasteiger partial charge in [-0.25, -0.2) is 8.78 Å². The van der Waals surface area contributed by atoms with Crippen LogP contribution in [0.3, 0.4) is 0 Å². The molecule has 0 radical (unpaired) electrons. The fourth-order valence-electron chi connectivity index (χ4n) is 2.44. The zero-order valence-corrected chi connectivity index (χ0v) is 15.1. The summed E-state index contributed by atoms with van der Waals surface area (Å²) in [5.41, 5.74) is 0.149. The zero-order valence-electron chi connectivity index (χ0n) is 13.5. The lowest BCUT2D eigenvalue weighted by atomic mass is 10.2. The van der Waals surface area contributed by atoms with Crippen molar-refractivity contribution in [1.82, 2.24) is 15.3 Å². The maximum atomic E-state index is 13.6. The van der Waals surface area contributed by atoms with Gasteiger partial charge in [-0.3, -0.25) is 4.98 Å². The van der Waals surface area contributed by atoms with Gasteiger partial charge in [0.1, 0.15) is 18.2 Å². The molecule has 5 nitrogen and oxygen atoms in total. The van der Waals surface area contributed by atoms with Crippen LogP contribution in [0.15, 0.2) is 30.6 Å². The Morgan fingerprint density at radius 2 is 1.96 bits per heavy atom. The number of rotatable bonds is 4. The highest BCUT2D eigenvalue weighted by atomic mass is 35.5. The lowest BCUT2D eigenvalue weighted by molar-refractivity contribution is 0.286. The van der Waals surface area contributed by atoms with Crippen LogP contribution in [-0.4, -0.2) is 36.1 Å². The molecule has 138 valence electrons. The Hall–Kier alpha value is -1.70. The highest BCUT2D eigenvalue weighted by Gasteiger charge is 2.12. The van der Waals surface area contributed by atoms with Crippen molar-refractivity contribution in [2.75, 3.05) is 31.1 Å². The molecule has 1 aromatic carbocycles. The predicted molar refractivity (Wildman–Crippen MR) is 96.9 cm³/mol. The molecule has 1 aliphatic rings. The average molecular weight is 393 g/mol. The van der Waals surface area contributed by atoms with Gasteiger partial charge in [-0.1, -0.05) is 0 Å². The molecule has 1 N–H and O–H groups in total. The van der Waals surface area contributed by atoms with E-state index < -0.39 is 11.6 Å². The van der Waals surface area contributed by atoms with Crippen LogP contribution in [-0.2, 0) is 6.61 Å². The number of nitrogens with zero attached hydrogens (tertiary/aromatic N) is 3. The summed E-state index contributed by atoms with van der Waals surface area (Å²) in [6, 6.07) is 3.28. The lowest BCUT2D eigenvalue weighted by Gasteiger charge is -2.20. The van der Waals surface area contributed by atoms with E-state index in [2.05, 4.69) is 20.2 Å². The molecule has 25 heavy (non-hydrogen) atoms. The number of halogens is 4. The quantitative estimate of drug-likeness (QED) is 0.866. The number of anilines is 1. The second-order valence-electron chi connectivity index (χ2n) is 5.33. The molecule has 0 saturated carbocycles. The number of ether oxygens (including phenoxy) is 1. The topological polar surface area (TPSA) is 50.3 Å². The molecule has 0 spiro atoms. The van der Waals surface area contributed by atoms with E-state index >= 15 is 0 Å². The SMILES string of the molecule is Cl.Cl.Fc1ccc(F)c(COc2cncc(N3CCCNCC3)n2)c1. The Balaban J connectivity index is 0.00000156. The summed E-state index contributed by atoms with van der Waals surface area (Å²) in [5, 5.41) is 3.32. The largest absolute Gasteiger partial charge is 0.472 e. The molecule has 0 bridgehead atoms. The van der Waals surface area contributed by atoms with Crippen LogP contribution in [0.2, 0.25) is 0 Å². The van der Waals surface area contributed by atoms with E-state index in [1.165, 1.54) is 6.20 Å². The van der Waals surface area contributed by atoms with Crippen LogP contribution in [0.4, 0.5) is 14.6 Å². The van der Waals surface area contributed by atoms with Crippen molar-refractivity contribution in [3.8, 4) is 5.88 Å². The van der Waals surface area contributed by atoms with Crippen molar-refractivity contribution in [3.05, 3.63) is 47.8 Å². The monoisotopic (exact) mass is 392 g/mol. The van der Waals surface area contributed by atoms with Crippen LogP contribution >= 0.6 is 24.8 Å². The minimum atomic E-state index is -0.505. The van der Waals surface area contributed by atoms with Crippen molar-refractivity contribution in [1.29, 1.82) is 0 Å². The zero-order chi connectivity index (χ0) is 16.1. The first-order chi connectivity index (χ1) is 11.2. The number of benzene rings is 1. The van der Waals surface area contributed by atoms with Gasteiger partial charge in [0.25, 0.3) is 0 Å². The Kier molecular flexibility index (Phi) is 8.82. The predicted octanol–water partition coefficient (Wildman–Crippen LogP) is 2.98. The second kappa shape index (κ2) is 10.3. The normalized spacial score (nSPS) is 14.1. The summed E-state index contributed by atoms with van der Waals surface area (Å²) in [6.45, 7) is 3.52. The molecule has 2 heterocycles. The molecule has 1 aromatic heterocycles. The Labute approximate surface area is 157 Å². The van der Waals surface area contributed by atoms with Gasteiger partial charge < -0.3 is 15.0 Å². The maximum Gasteiger partial charge on any atom is 0.234 e. The van der Waals surface area contributed by atoms with Crippen molar-refractivity contribution in [3.63, 3.8) is 0 Å². The van der Waals surface area contributed by atoms with Crippen molar-refractivity contribution < 1.29 is 13.5 Å². The Morgan fingerprint density at radius 1 is 1.12 bits per heavy atom. The molecular formula is C16H20Cl2F2N4O. The first-order valence-corrected chi connectivity index (χ1v) is 7.57. The van der Waals surface area contributed by atoms with Crippen molar-refractivity contribution >= 4 is 30.6 Å². The molecule has 1 aliphatic heterocycles. The molecule has 2 aromatic rings. The summed E-state index contributed by atoms with van der Waals surface area (Å²) in [6.07, 6.45) is 4.18. The van der Waals surface area contributed by atoms with Gasteiger partial charge in [0.15, 0.2) is 5.82 Å². The standard InChI is InChI=1S/C16H18F2N4O.2ClH/c17-13-2-3-14(18)12(8-13)11-23-16-10-20-9-15(21-16)22-6-1-4-19-5-7-22;;/h2-3,8-10,19H,1,4-7,11H2;2*1H. The fourth-order valence-corrected chi connectivity index (χ4v) is 2.44. The van der Waals surface area contributed by atoms with E-state index in [1.54, 1.807) is 6.20 Å². The van der Waals surface area contributed by atoms with Crippen LogP contribution in [0.1, 0.15) is 12.0 Å². The molecule has 1 fully saturated rings. The second-order valence-corrected chi connectivity index (χ2v) is 5.33. The van der Waals surface area contributed by atoms with Crippen LogP contribution in [0.25, 0.3) is 0 Å². The van der Waals surface area contributed by atoms with E-state index in [-0.39, 0.29) is 37.0 Å². The summed E-state index contributed by atoms with van der Waals surface area (Å²) in [4.78, 5) is 10.7. The first-order valence-electron chi connectivity index (χ1n) is 7.57. The van der Waals surface area contributed by atoms with Gasteiger partial charge in [0, 0.05) is 25.2 Å². The maximum absolute atomic E-state index is 13.6. The van der Waals surface area contributed by atoms with E-state index in [0.29, 0.717) is 5.88 Å². The van der Waals surface area contributed by atoms with E-state index in [0.717, 1.165) is 56.6 Å². The van der Waals surface area contributed by atoms with Gasteiger partial charge in [0.2, 0.25) is 5.88 Å². The van der Waals surface area contributed by atoms with Crippen molar-refractivity contribution in [2.24, 2.45) is 0 Å². The third-order valence-corrected chi connectivity index (χ3v) is 3.65. The molecule has 9 heteroatoms. The summed E-state index contributed by atoms with van der Waals surface area (Å²) in [5.74, 6) is 0.0188. The third-order valence-electron chi connectivity index (χ3n) is 3.65. The van der Waals surface area contributed by atoms with Crippen molar-refractivity contribution in [2.45, 2.75) is 13.0 Å². The van der Waals surface area contributed by atoms with Crippen LogP contribution in [0, 0.1) is 11.6 Å². The molecule has 3 rings (SSSR count).